The number of phenolic OH excluding ortho intramolecular Hbond substituents is 1. The number of hydrogen-bond acceptors (Lipinski definition) is 3. The lowest BCUT2D eigenvalue weighted by Crippen LogP contribution is -2.09. The summed E-state index contributed by atoms with van der Waals surface area (Å²) in [6, 6.07) is 10.9. The van der Waals surface area contributed by atoms with E-state index in [1.807, 2.05) is 24.3 Å². The van der Waals surface area contributed by atoms with Crippen LogP contribution < -0.4 is 4.74 Å². The Kier molecular flexibility index (Phi) is 2.47. The summed E-state index contributed by atoms with van der Waals surface area (Å²) in [5, 5.41) is 20.5. The van der Waals surface area contributed by atoms with Gasteiger partial charge in [-0.3, -0.25) is 0 Å². The third kappa shape index (κ3) is 1.87. The predicted molar refractivity (Wildman–Crippen MR) is 57.9 cm³/mol. The van der Waals surface area contributed by atoms with E-state index in [0.29, 0.717) is 5.75 Å². The smallest absolute Gasteiger partial charge is 0.194 e. The Morgan fingerprint density at radius 2 is 1.87 bits per heavy atom. The highest BCUT2D eigenvalue weighted by molar-refractivity contribution is 5.90. The van der Waals surface area contributed by atoms with Gasteiger partial charge in [-0.2, -0.15) is 0 Å². The van der Waals surface area contributed by atoms with Crippen molar-refractivity contribution in [3.63, 3.8) is 0 Å². The fourth-order valence-corrected chi connectivity index (χ4v) is 1.53. The van der Waals surface area contributed by atoms with Crippen LogP contribution in [0.15, 0.2) is 36.4 Å². The second-order valence-electron chi connectivity index (χ2n) is 3.35. The van der Waals surface area contributed by atoms with Crippen LogP contribution in [-0.2, 0) is 0 Å². The van der Waals surface area contributed by atoms with Crippen LogP contribution >= 0.6 is 0 Å². The average molecular weight is 204 g/mol. The largest absolute Gasteiger partial charge is 0.504 e. The average Bonchev–Trinajstić information content (AvgIpc) is 2.22. The van der Waals surface area contributed by atoms with Gasteiger partial charge in [-0.25, -0.2) is 0 Å². The van der Waals surface area contributed by atoms with Crippen molar-refractivity contribution < 1.29 is 14.9 Å². The normalized spacial score (nSPS) is 12.7. The molecule has 3 heteroatoms. The van der Waals surface area contributed by atoms with Gasteiger partial charge in [0, 0.05) is 5.39 Å². The molecule has 2 N–H and O–H groups in total. The van der Waals surface area contributed by atoms with E-state index in [1.165, 1.54) is 6.92 Å². The zero-order valence-corrected chi connectivity index (χ0v) is 8.34. The summed E-state index contributed by atoms with van der Waals surface area (Å²) in [5.74, 6) is 0.359. The zero-order chi connectivity index (χ0) is 10.8. The van der Waals surface area contributed by atoms with Crippen molar-refractivity contribution in [2.75, 3.05) is 0 Å². The van der Waals surface area contributed by atoms with E-state index < -0.39 is 6.29 Å². The molecule has 0 aliphatic rings. The van der Waals surface area contributed by atoms with Crippen molar-refractivity contribution in [1.82, 2.24) is 0 Å². The van der Waals surface area contributed by atoms with Gasteiger partial charge in [-0.1, -0.05) is 30.3 Å². The molecule has 0 saturated carbocycles. The summed E-state index contributed by atoms with van der Waals surface area (Å²) in [6.07, 6.45) is -0.943. The summed E-state index contributed by atoms with van der Waals surface area (Å²) in [4.78, 5) is 0. The zero-order valence-electron chi connectivity index (χ0n) is 8.34. The summed E-state index contributed by atoms with van der Waals surface area (Å²) < 4.78 is 5.16. The second kappa shape index (κ2) is 3.79. The number of rotatable bonds is 2. The summed E-state index contributed by atoms with van der Waals surface area (Å²) in [6.45, 7) is 1.50. The van der Waals surface area contributed by atoms with Crippen LogP contribution in [0.2, 0.25) is 0 Å². The molecule has 0 fully saturated rings. The van der Waals surface area contributed by atoms with Crippen molar-refractivity contribution in [3.05, 3.63) is 36.4 Å². The lowest BCUT2D eigenvalue weighted by atomic mass is 10.1. The highest BCUT2D eigenvalue weighted by Gasteiger charge is 2.09. The number of aromatic hydroxyl groups is 1. The molecule has 0 aliphatic carbocycles. The molecule has 0 heterocycles. The first-order valence-electron chi connectivity index (χ1n) is 4.74. The number of aliphatic hydroxyl groups excluding tert-OH is 1. The minimum absolute atomic E-state index is 0.0367. The topological polar surface area (TPSA) is 49.7 Å². The summed E-state index contributed by atoms with van der Waals surface area (Å²) >= 11 is 0. The molecule has 0 aromatic heterocycles. The molecule has 15 heavy (non-hydrogen) atoms. The number of aliphatic hydroxyl groups is 1. The molecule has 0 bridgehead atoms. The third-order valence-electron chi connectivity index (χ3n) is 2.15. The summed E-state index contributed by atoms with van der Waals surface area (Å²) in [7, 11) is 0. The van der Waals surface area contributed by atoms with E-state index in [4.69, 9.17) is 9.84 Å². The standard InChI is InChI=1S/C12H12O3/c1-8(13)15-12-10-5-3-2-4-9(10)6-7-11(12)14/h2-8,13-14H,1H3. The molecule has 2 aromatic rings. The van der Waals surface area contributed by atoms with Crippen LogP contribution in [0, 0.1) is 0 Å². The number of fused-ring (bicyclic) bond motifs is 1. The van der Waals surface area contributed by atoms with Crippen LogP contribution in [-0.4, -0.2) is 16.5 Å². The highest BCUT2D eigenvalue weighted by Crippen LogP contribution is 2.34. The maximum Gasteiger partial charge on any atom is 0.194 e. The van der Waals surface area contributed by atoms with Crippen molar-refractivity contribution >= 4 is 10.8 Å². The molecule has 0 spiro atoms. The molecule has 1 atom stereocenters. The van der Waals surface area contributed by atoms with Crippen molar-refractivity contribution in [2.24, 2.45) is 0 Å². The molecular formula is C12H12O3. The van der Waals surface area contributed by atoms with Gasteiger partial charge in [0.05, 0.1) is 0 Å². The van der Waals surface area contributed by atoms with E-state index in [0.717, 1.165) is 10.8 Å². The molecule has 3 nitrogen and oxygen atoms in total. The molecule has 0 radical (unpaired) electrons. The first-order valence-corrected chi connectivity index (χ1v) is 4.74. The lowest BCUT2D eigenvalue weighted by molar-refractivity contribution is -0.000853. The highest BCUT2D eigenvalue weighted by atomic mass is 16.6. The lowest BCUT2D eigenvalue weighted by Gasteiger charge is -2.12. The number of ether oxygens (including phenoxy) is 1. The van der Waals surface area contributed by atoms with Crippen LogP contribution in [0.5, 0.6) is 11.5 Å². The Hall–Kier alpha value is -1.74. The summed E-state index contributed by atoms with van der Waals surface area (Å²) in [5.41, 5.74) is 0. The first-order chi connectivity index (χ1) is 7.18. The third-order valence-corrected chi connectivity index (χ3v) is 2.15. The van der Waals surface area contributed by atoms with Gasteiger partial charge in [0.1, 0.15) is 0 Å². The van der Waals surface area contributed by atoms with Crippen LogP contribution in [0.4, 0.5) is 0 Å². The fraction of sp³-hybridized carbons (Fsp3) is 0.167. The maximum atomic E-state index is 9.62. The number of benzene rings is 2. The second-order valence-corrected chi connectivity index (χ2v) is 3.35. The molecule has 2 aromatic carbocycles. The Morgan fingerprint density at radius 1 is 1.13 bits per heavy atom. The van der Waals surface area contributed by atoms with Gasteiger partial charge in [-0.05, 0) is 18.4 Å². The van der Waals surface area contributed by atoms with Gasteiger partial charge in [0.15, 0.2) is 17.8 Å². The van der Waals surface area contributed by atoms with Gasteiger partial charge in [-0.15, -0.1) is 0 Å². The number of phenols is 1. The molecule has 78 valence electrons. The van der Waals surface area contributed by atoms with Gasteiger partial charge in [0.25, 0.3) is 0 Å². The van der Waals surface area contributed by atoms with Gasteiger partial charge < -0.3 is 14.9 Å². The molecule has 1 unspecified atom stereocenters. The molecule has 0 amide bonds. The Labute approximate surface area is 87.5 Å². The van der Waals surface area contributed by atoms with E-state index in [-0.39, 0.29) is 5.75 Å². The molecular weight excluding hydrogens is 192 g/mol. The molecule has 0 saturated heterocycles. The quantitative estimate of drug-likeness (QED) is 0.738. The van der Waals surface area contributed by atoms with Crippen molar-refractivity contribution in [3.8, 4) is 11.5 Å². The Bertz CT molecular complexity index is 477. The number of hydrogen-bond donors (Lipinski definition) is 2. The monoisotopic (exact) mass is 204 g/mol. The van der Waals surface area contributed by atoms with Crippen LogP contribution in [0.1, 0.15) is 6.92 Å². The minimum atomic E-state index is -0.943. The maximum absolute atomic E-state index is 9.62. The van der Waals surface area contributed by atoms with Crippen LogP contribution in [0.3, 0.4) is 0 Å². The van der Waals surface area contributed by atoms with Crippen molar-refractivity contribution in [1.29, 1.82) is 0 Å². The van der Waals surface area contributed by atoms with E-state index in [9.17, 15) is 5.11 Å². The SMILES string of the molecule is CC(O)Oc1c(O)ccc2ccccc12. The first kappa shape index (κ1) is 9.80. The predicted octanol–water partition coefficient (Wildman–Crippen LogP) is 2.26. The Balaban J connectivity index is 2.63. The fourth-order valence-electron chi connectivity index (χ4n) is 1.53. The van der Waals surface area contributed by atoms with Crippen molar-refractivity contribution in [2.45, 2.75) is 13.2 Å². The Morgan fingerprint density at radius 3 is 2.60 bits per heavy atom. The van der Waals surface area contributed by atoms with Gasteiger partial charge in [0.2, 0.25) is 0 Å². The van der Waals surface area contributed by atoms with Crippen LogP contribution in [0.25, 0.3) is 10.8 Å². The van der Waals surface area contributed by atoms with E-state index in [2.05, 4.69) is 0 Å². The van der Waals surface area contributed by atoms with Gasteiger partial charge >= 0.3 is 0 Å². The molecule has 0 aliphatic heterocycles. The minimum Gasteiger partial charge on any atom is -0.504 e. The molecule has 2 rings (SSSR count). The van der Waals surface area contributed by atoms with E-state index >= 15 is 0 Å². The van der Waals surface area contributed by atoms with E-state index in [1.54, 1.807) is 12.1 Å².